The molecule has 18 heavy (non-hydrogen) atoms. The van der Waals surface area contributed by atoms with Crippen molar-refractivity contribution >= 4 is 11.3 Å². The Bertz CT molecular complexity index is 359. The molecule has 0 amide bonds. The Morgan fingerprint density at radius 3 is 3.00 bits per heavy atom. The molecule has 1 aliphatic heterocycles. The van der Waals surface area contributed by atoms with Crippen LogP contribution < -0.4 is 5.32 Å². The van der Waals surface area contributed by atoms with Crippen molar-refractivity contribution < 1.29 is 0 Å². The fourth-order valence-electron chi connectivity index (χ4n) is 3.08. The summed E-state index contributed by atoms with van der Waals surface area (Å²) in [5.41, 5.74) is 0. The van der Waals surface area contributed by atoms with Gasteiger partial charge in [0.25, 0.3) is 0 Å². The fourth-order valence-corrected chi connectivity index (χ4v) is 3.78. The van der Waals surface area contributed by atoms with E-state index in [9.17, 15) is 0 Å². The van der Waals surface area contributed by atoms with Crippen LogP contribution in [-0.2, 0) is 6.42 Å². The first-order valence-electron chi connectivity index (χ1n) is 7.36. The molecule has 2 fully saturated rings. The van der Waals surface area contributed by atoms with E-state index in [-0.39, 0.29) is 0 Å². The van der Waals surface area contributed by atoms with Gasteiger partial charge in [0, 0.05) is 36.6 Å². The van der Waals surface area contributed by atoms with Gasteiger partial charge in [0.15, 0.2) is 0 Å². The van der Waals surface area contributed by atoms with Gasteiger partial charge in [-0.05, 0) is 43.0 Å². The van der Waals surface area contributed by atoms with Crippen LogP contribution in [0, 0.1) is 5.92 Å². The van der Waals surface area contributed by atoms with Crippen molar-refractivity contribution in [1.82, 2.24) is 10.2 Å². The van der Waals surface area contributed by atoms with Gasteiger partial charge >= 0.3 is 0 Å². The monoisotopic (exact) mass is 264 g/mol. The van der Waals surface area contributed by atoms with Gasteiger partial charge < -0.3 is 5.32 Å². The highest BCUT2D eigenvalue weighted by Gasteiger charge is 2.36. The minimum Gasteiger partial charge on any atom is -0.311 e. The Balaban J connectivity index is 1.55. The lowest BCUT2D eigenvalue weighted by Gasteiger charge is -2.40. The van der Waals surface area contributed by atoms with E-state index in [1.165, 1.54) is 50.2 Å². The quantitative estimate of drug-likeness (QED) is 0.880. The molecule has 1 aliphatic carbocycles. The smallest absolute Gasteiger partial charge is 0.0224 e. The standard InChI is InChI=1S/C15H24N2S/c1-2-13-10-16-15(12-5-6-12)11-17(13)8-7-14-4-3-9-18-14/h3-4,9,12-13,15-16H,2,5-8,10-11H2,1H3. The summed E-state index contributed by atoms with van der Waals surface area (Å²) in [4.78, 5) is 4.27. The third kappa shape index (κ3) is 2.95. The van der Waals surface area contributed by atoms with E-state index in [4.69, 9.17) is 0 Å². The zero-order chi connectivity index (χ0) is 12.4. The summed E-state index contributed by atoms with van der Waals surface area (Å²) in [7, 11) is 0. The summed E-state index contributed by atoms with van der Waals surface area (Å²) in [5.74, 6) is 0.979. The molecule has 0 spiro atoms. The number of hydrogen-bond donors (Lipinski definition) is 1. The minimum atomic E-state index is 0.750. The number of nitrogens with zero attached hydrogens (tertiary/aromatic N) is 1. The molecule has 0 bridgehead atoms. The molecular weight excluding hydrogens is 240 g/mol. The molecule has 0 aromatic carbocycles. The number of piperazine rings is 1. The van der Waals surface area contributed by atoms with E-state index >= 15 is 0 Å². The zero-order valence-corrected chi connectivity index (χ0v) is 12.1. The van der Waals surface area contributed by atoms with Crippen LogP contribution >= 0.6 is 11.3 Å². The molecule has 3 heteroatoms. The molecule has 1 aromatic heterocycles. The van der Waals surface area contributed by atoms with Crippen molar-refractivity contribution in [3.63, 3.8) is 0 Å². The van der Waals surface area contributed by atoms with Crippen molar-refractivity contribution in [2.24, 2.45) is 5.92 Å². The van der Waals surface area contributed by atoms with Crippen molar-refractivity contribution in [3.8, 4) is 0 Å². The highest BCUT2D eigenvalue weighted by Crippen LogP contribution is 2.34. The van der Waals surface area contributed by atoms with Crippen LogP contribution in [0.25, 0.3) is 0 Å². The average molecular weight is 264 g/mol. The Labute approximate surface area is 114 Å². The number of hydrogen-bond acceptors (Lipinski definition) is 3. The molecule has 2 aliphatic rings. The van der Waals surface area contributed by atoms with Gasteiger partial charge in [-0.1, -0.05) is 13.0 Å². The third-order valence-corrected chi connectivity index (χ3v) is 5.39. The molecule has 2 atom stereocenters. The van der Waals surface area contributed by atoms with E-state index in [2.05, 4.69) is 34.7 Å². The molecular formula is C15H24N2S. The second kappa shape index (κ2) is 5.72. The number of rotatable bonds is 5. The summed E-state index contributed by atoms with van der Waals surface area (Å²) in [5, 5.41) is 5.96. The first-order valence-corrected chi connectivity index (χ1v) is 8.24. The fraction of sp³-hybridized carbons (Fsp3) is 0.733. The highest BCUT2D eigenvalue weighted by atomic mass is 32.1. The first kappa shape index (κ1) is 12.6. The Hall–Kier alpha value is -0.380. The van der Waals surface area contributed by atoms with Crippen LogP contribution in [0.4, 0.5) is 0 Å². The van der Waals surface area contributed by atoms with Gasteiger partial charge in [0.05, 0.1) is 0 Å². The van der Waals surface area contributed by atoms with Gasteiger partial charge in [-0.2, -0.15) is 0 Å². The summed E-state index contributed by atoms with van der Waals surface area (Å²) in [6, 6.07) is 5.96. The average Bonchev–Trinajstić information content (AvgIpc) is 3.13. The zero-order valence-electron chi connectivity index (χ0n) is 11.3. The van der Waals surface area contributed by atoms with Crippen molar-refractivity contribution in [2.45, 2.75) is 44.7 Å². The van der Waals surface area contributed by atoms with E-state index in [1.54, 1.807) is 0 Å². The maximum absolute atomic E-state index is 3.77. The predicted octanol–water partition coefficient (Wildman–Crippen LogP) is 2.75. The molecule has 0 radical (unpaired) electrons. The van der Waals surface area contributed by atoms with Gasteiger partial charge in [0.2, 0.25) is 0 Å². The third-order valence-electron chi connectivity index (χ3n) is 4.45. The first-order chi connectivity index (χ1) is 8.86. The summed E-state index contributed by atoms with van der Waals surface area (Å²) >= 11 is 1.90. The molecule has 2 nitrogen and oxygen atoms in total. The van der Waals surface area contributed by atoms with E-state index < -0.39 is 0 Å². The molecule has 2 heterocycles. The van der Waals surface area contributed by atoms with Crippen LogP contribution in [0.15, 0.2) is 17.5 Å². The van der Waals surface area contributed by atoms with Gasteiger partial charge in [0.1, 0.15) is 0 Å². The molecule has 1 saturated heterocycles. The summed E-state index contributed by atoms with van der Waals surface area (Å²) in [6.07, 6.45) is 5.40. The van der Waals surface area contributed by atoms with Crippen LogP contribution in [0.2, 0.25) is 0 Å². The summed E-state index contributed by atoms with van der Waals surface area (Å²) < 4.78 is 0. The molecule has 3 rings (SSSR count). The second-order valence-corrected chi connectivity index (χ2v) is 6.77. The number of nitrogens with one attached hydrogen (secondary N) is 1. The van der Waals surface area contributed by atoms with Crippen LogP contribution in [0.1, 0.15) is 31.1 Å². The maximum atomic E-state index is 3.77. The largest absolute Gasteiger partial charge is 0.311 e. The SMILES string of the molecule is CCC1CNC(C2CC2)CN1CCc1cccs1. The van der Waals surface area contributed by atoms with Gasteiger partial charge in [-0.15, -0.1) is 11.3 Å². The lowest BCUT2D eigenvalue weighted by atomic mass is 10.0. The predicted molar refractivity (Wildman–Crippen MR) is 78.2 cm³/mol. The Morgan fingerprint density at radius 1 is 1.44 bits per heavy atom. The van der Waals surface area contributed by atoms with E-state index in [0.717, 1.165) is 18.0 Å². The second-order valence-electron chi connectivity index (χ2n) is 5.74. The topological polar surface area (TPSA) is 15.3 Å². The lowest BCUT2D eigenvalue weighted by molar-refractivity contribution is 0.121. The maximum Gasteiger partial charge on any atom is 0.0224 e. The van der Waals surface area contributed by atoms with E-state index in [0.29, 0.717) is 0 Å². The molecule has 1 N–H and O–H groups in total. The molecule has 1 saturated carbocycles. The minimum absolute atomic E-state index is 0.750. The van der Waals surface area contributed by atoms with Crippen LogP contribution in [0.5, 0.6) is 0 Å². The Morgan fingerprint density at radius 2 is 2.33 bits per heavy atom. The molecule has 2 unspecified atom stereocenters. The van der Waals surface area contributed by atoms with Crippen molar-refractivity contribution in [1.29, 1.82) is 0 Å². The van der Waals surface area contributed by atoms with E-state index in [1.807, 2.05) is 11.3 Å². The lowest BCUT2D eigenvalue weighted by Crippen LogP contribution is -2.57. The Kier molecular flexibility index (Phi) is 4.02. The molecule has 1 aromatic rings. The normalized spacial score (nSPS) is 29.6. The summed E-state index contributed by atoms with van der Waals surface area (Å²) in [6.45, 7) is 6.03. The highest BCUT2D eigenvalue weighted by molar-refractivity contribution is 7.09. The van der Waals surface area contributed by atoms with Crippen LogP contribution in [-0.4, -0.2) is 36.6 Å². The van der Waals surface area contributed by atoms with Crippen molar-refractivity contribution in [3.05, 3.63) is 22.4 Å². The van der Waals surface area contributed by atoms with Gasteiger partial charge in [-0.25, -0.2) is 0 Å². The number of thiophene rings is 1. The van der Waals surface area contributed by atoms with Gasteiger partial charge in [-0.3, -0.25) is 4.90 Å². The van der Waals surface area contributed by atoms with Crippen LogP contribution in [0.3, 0.4) is 0 Å². The van der Waals surface area contributed by atoms with Crippen molar-refractivity contribution in [2.75, 3.05) is 19.6 Å². The molecule has 100 valence electrons.